The molecule has 0 unspecified atom stereocenters. The van der Waals surface area contributed by atoms with Crippen LogP contribution in [0.2, 0.25) is 0 Å². The lowest BCUT2D eigenvalue weighted by molar-refractivity contribution is 0.0698. The molecule has 102 valence electrons. The molecule has 2 N–H and O–H groups in total. The van der Waals surface area contributed by atoms with Gasteiger partial charge < -0.3 is 10.4 Å². The Bertz CT molecular complexity index is 521. The molecular formula is C13H14Cl2N2O2. The van der Waals surface area contributed by atoms with Crippen LogP contribution in [0, 0.1) is 0 Å². The van der Waals surface area contributed by atoms with Crippen molar-refractivity contribution in [3.63, 3.8) is 0 Å². The molecular weight excluding hydrogens is 287 g/mol. The molecule has 0 aliphatic rings. The summed E-state index contributed by atoms with van der Waals surface area (Å²) in [5, 5.41) is 12.1. The number of hydrogen-bond acceptors (Lipinski definition) is 3. The zero-order chi connectivity index (χ0) is 12.1. The summed E-state index contributed by atoms with van der Waals surface area (Å²) >= 11 is 0. The molecule has 6 heteroatoms. The van der Waals surface area contributed by atoms with E-state index in [1.165, 1.54) is 0 Å². The number of nitrogens with zero attached hydrogens (tertiary/aromatic N) is 1. The van der Waals surface area contributed by atoms with Gasteiger partial charge in [0, 0.05) is 24.6 Å². The molecule has 0 saturated carbocycles. The number of rotatable bonds is 4. The first-order valence-corrected chi connectivity index (χ1v) is 5.22. The Labute approximate surface area is 123 Å². The second-order valence-corrected chi connectivity index (χ2v) is 3.57. The molecule has 0 aliphatic heterocycles. The lowest BCUT2D eigenvalue weighted by atomic mass is 10.1. The van der Waals surface area contributed by atoms with Gasteiger partial charge in [-0.15, -0.1) is 24.8 Å². The molecule has 1 aromatic heterocycles. The first-order chi connectivity index (χ1) is 8.27. The van der Waals surface area contributed by atoms with Crippen molar-refractivity contribution in [1.29, 1.82) is 0 Å². The summed E-state index contributed by atoms with van der Waals surface area (Å²) in [5.74, 6) is -0.931. The molecule has 0 amide bonds. The van der Waals surface area contributed by atoms with Crippen LogP contribution in [0.1, 0.15) is 15.9 Å². The fourth-order valence-electron chi connectivity index (χ4n) is 1.52. The topological polar surface area (TPSA) is 62.2 Å². The van der Waals surface area contributed by atoms with Crippen LogP contribution >= 0.6 is 24.8 Å². The van der Waals surface area contributed by atoms with Gasteiger partial charge in [-0.25, -0.2) is 4.79 Å². The van der Waals surface area contributed by atoms with Crippen LogP contribution in [0.4, 0.5) is 5.69 Å². The highest BCUT2D eigenvalue weighted by atomic mass is 35.5. The highest BCUT2D eigenvalue weighted by Gasteiger charge is 2.07. The average Bonchev–Trinajstić information content (AvgIpc) is 2.38. The second kappa shape index (κ2) is 8.34. The van der Waals surface area contributed by atoms with E-state index in [1.807, 2.05) is 12.1 Å². The largest absolute Gasteiger partial charge is 0.478 e. The number of carbonyl (C=O) groups is 1. The summed E-state index contributed by atoms with van der Waals surface area (Å²) in [4.78, 5) is 15.0. The van der Waals surface area contributed by atoms with Gasteiger partial charge in [-0.1, -0.05) is 18.2 Å². The Morgan fingerprint density at radius 1 is 1.16 bits per heavy atom. The SMILES string of the molecule is Cl.Cl.O=C(O)c1ccccc1NCc1cccnc1. The Kier molecular flexibility index (Phi) is 7.56. The van der Waals surface area contributed by atoms with E-state index in [0.717, 1.165) is 5.56 Å². The lowest BCUT2D eigenvalue weighted by Crippen LogP contribution is -2.06. The summed E-state index contributed by atoms with van der Waals surface area (Å²) < 4.78 is 0. The van der Waals surface area contributed by atoms with Gasteiger partial charge in [0.05, 0.1) is 5.56 Å². The number of anilines is 1. The summed E-state index contributed by atoms with van der Waals surface area (Å²) in [5.41, 5.74) is 1.90. The van der Waals surface area contributed by atoms with E-state index in [1.54, 1.807) is 36.7 Å². The molecule has 0 bridgehead atoms. The summed E-state index contributed by atoms with van der Waals surface area (Å²) in [6.07, 6.45) is 3.45. The van der Waals surface area contributed by atoms with E-state index in [2.05, 4.69) is 10.3 Å². The van der Waals surface area contributed by atoms with Gasteiger partial charge in [-0.3, -0.25) is 4.98 Å². The van der Waals surface area contributed by atoms with Crippen molar-refractivity contribution in [2.75, 3.05) is 5.32 Å². The van der Waals surface area contributed by atoms with Crippen molar-refractivity contribution in [3.8, 4) is 0 Å². The highest BCUT2D eigenvalue weighted by Crippen LogP contribution is 2.15. The van der Waals surface area contributed by atoms with Crippen molar-refractivity contribution >= 4 is 36.5 Å². The maximum Gasteiger partial charge on any atom is 0.337 e. The highest BCUT2D eigenvalue weighted by molar-refractivity contribution is 5.94. The molecule has 0 atom stereocenters. The van der Waals surface area contributed by atoms with Crippen molar-refractivity contribution in [1.82, 2.24) is 4.98 Å². The van der Waals surface area contributed by atoms with Gasteiger partial charge in [0.25, 0.3) is 0 Å². The Balaban J connectivity index is 0.00000162. The van der Waals surface area contributed by atoms with E-state index in [-0.39, 0.29) is 30.4 Å². The minimum absolute atomic E-state index is 0. The predicted molar refractivity (Wildman–Crippen MR) is 79.5 cm³/mol. The quantitative estimate of drug-likeness (QED) is 0.910. The number of para-hydroxylation sites is 1. The molecule has 4 nitrogen and oxygen atoms in total. The van der Waals surface area contributed by atoms with Crippen LogP contribution in [0.15, 0.2) is 48.8 Å². The summed E-state index contributed by atoms with van der Waals surface area (Å²) in [7, 11) is 0. The molecule has 2 aromatic rings. The maximum atomic E-state index is 11.0. The number of benzene rings is 1. The van der Waals surface area contributed by atoms with Crippen LogP contribution in [0.25, 0.3) is 0 Å². The van der Waals surface area contributed by atoms with Gasteiger partial charge >= 0.3 is 5.97 Å². The Morgan fingerprint density at radius 3 is 2.53 bits per heavy atom. The van der Waals surface area contributed by atoms with E-state index in [4.69, 9.17) is 5.11 Å². The zero-order valence-electron chi connectivity index (χ0n) is 9.95. The fraction of sp³-hybridized carbons (Fsp3) is 0.0769. The first-order valence-electron chi connectivity index (χ1n) is 5.22. The molecule has 1 aromatic carbocycles. The van der Waals surface area contributed by atoms with Crippen LogP contribution in [0.5, 0.6) is 0 Å². The smallest absolute Gasteiger partial charge is 0.337 e. The van der Waals surface area contributed by atoms with Gasteiger partial charge in [0.15, 0.2) is 0 Å². The third kappa shape index (κ3) is 4.77. The number of nitrogens with one attached hydrogen (secondary N) is 1. The predicted octanol–water partition coefficient (Wildman–Crippen LogP) is 3.24. The second-order valence-electron chi connectivity index (χ2n) is 3.57. The van der Waals surface area contributed by atoms with Gasteiger partial charge in [-0.05, 0) is 23.8 Å². The number of aromatic nitrogens is 1. The average molecular weight is 301 g/mol. The molecule has 0 aliphatic carbocycles. The van der Waals surface area contributed by atoms with E-state index in [9.17, 15) is 4.79 Å². The maximum absolute atomic E-state index is 11.0. The first kappa shape index (κ1) is 17.2. The Morgan fingerprint density at radius 2 is 1.89 bits per heavy atom. The molecule has 0 radical (unpaired) electrons. The van der Waals surface area contributed by atoms with Crippen molar-refractivity contribution in [2.45, 2.75) is 6.54 Å². The molecule has 0 spiro atoms. The minimum atomic E-state index is -0.931. The normalized spacial score (nSPS) is 8.84. The fourth-order valence-corrected chi connectivity index (χ4v) is 1.52. The monoisotopic (exact) mass is 300 g/mol. The van der Waals surface area contributed by atoms with Crippen LogP contribution in [-0.4, -0.2) is 16.1 Å². The van der Waals surface area contributed by atoms with Crippen LogP contribution in [0.3, 0.4) is 0 Å². The standard InChI is InChI=1S/C13H12N2O2.2ClH/c16-13(17)11-5-1-2-6-12(11)15-9-10-4-3-7-14-8-10;;/h1-8,15H,9H2,(H,16,17);2*1H. The zero-order valence-corrected chi connectivity index (χ0v) is 11.6. The van der Waals surface area contributed by atoms with Gasteiger partial charge in [0.2, 0.25) is 0 Å². The van der Waals surface area contributed by atoms with Gasteiger partial charge in [-0.2, -0.15) is 0 Å². The molecule has 1 heterocycles. The summed E-state index contributed by atoms with van der Waals surface area (Å²) in [6, 6.07) is 10.6. The molecule has 0 saturated heterocycles. The van der Waals surface area contributed by atoms with Crippen LogP contribution < -0.4 is 5.32 Å². The molecule has 0 fully saturated rings. The molecule has 19 heavy (non-hydrogen) atoms. The number of hydrogen-bond donors (Lipinski definition) is 2. The number of carboxylic acids is 1. The van der Waals surface area contributed by atoms with E-state index in [0.29, 0.717) is 12.2 Å². The van der Waals surface area contributed by atoms with E-state index < -0.39 is 5.97 Å². The van der Waals surface area contributed by atoms with Crippen molar-refractivity contribution in [2.24, 2.45) is 0 Å². The number of carboxylic acid groups (broad SMARTS) is 1. The van der Waals surface area contributed by atoms with Crippen LogP contribution in [-0.2, 0) is 6.54 Å². The lowest BCUT2D eigenvalue weighted by Gasteiger charge is -2.08. The Hall–Kier alpha value is -1.78. The third-order valence-corrected chi connectivity index (χ3v) is 2.36. The number of aromatic carboxylic acids is 1. The minimum Gasteiger partial charge on any atom is -0.478 e. The number of halogens is 2. The van der Waals surface area contributed by atoms with E-state index >= 15 is 0 Å². The number of pyridine rings is 1. The third-order valence-electron chi connectivity index (χ3n) is 2.36. The van der Waals surface area contributed by atoms with Crippen molar-refractivity contribution < 1.29 is 9.90 Å². The van der Waals surface area contributed by atoms with Crippen molar-refractivity contribution in [3.05, 3.63) is 59.9 Å². The molecule has 2 rings (SSSR count). The summed E-state index contributed by atoms with van der Waals surface area (Å²) in [6.45, 7) is 0.554. The van der Waals surface area contributed by atoms with Gasteiger partial charge in [0.1, 0.15) is 0 Å².